The van der Waals surface area contributed by atoms with Gasteiger partial charge >= 0.3 is 0 Å². The first-order chi connectivity index (χ1) is 21.2. The number of benzene rings is 2. The summed E-state index contributed by atoms with van der Waals surface area (Å²) in [5.74, 6) is -0.283. The van der Waals surface area contributed by atoms with Gasteiger partial charge in [0.25, 0.3) is 5.91 Å². The minimum atomic E-state index is -0.987. The lowest BCUT2D eigenvalue weighted by molar-refractivity contribution is -0.132. The number of ether oxygens (including phenoxy) is 3. The molecule has 0 bridgehead atoms. The van der Waals surface area contributed by atoms with Gasteiger partial charge in [0.2, 0.25) is 11.8 Å². The topological polar surface area (TPSA) is 109 Å². The van der Waals surface area contributed by atoms with Gasteiger partial charge in [0.05, 0.1) is 30.2 Å². The van der Waals surface area contributed by atoms with Gasteiger partial charge in [-0.15, -0.1) is 0 Å². The molecule has 44 heavy (non-hydrogen) atoms. The van der Waals surface area contributed by atoms with Crippen molar-refractivity contribution >= 4 is 29.1 Å². The molecule has 0 radical (unpaired) electrons. The number of hydrogen-bond acceptors (Lipinski definition) is 7. The quantitative estimate of drug-likeness (QED) is 0.334. The van der Waals surface area contributed by atoms with Crippen LogP contribution < -0.4 is 25.2 Å². The highest BCUT2D eigenvalue weighted by Crippen LogP contribution is 2.43. The predicted octanol–water partition coefficient (Wildman–Crippen LogP) is 3.84. The number of nitrogens with zero attached hydrogens (tertiary/aromatic N) is 2. The number of rotatable bonds is 13. The van der Waals surface area contributed by atoms with E-state index in [1.165, 1.54) is 0 Å². The molecular weight excluding hydrogens is 560 g/mol. The molecule has 5 rings (SSSR count). The van der Waals surface area contributed by atoms with Gasteiger partial charge in [0.15, 0.2) is 5.60 Å². The zero-order valence-electron chi connectivity index (χ0n) is 26.3. The van der Waals surface area contributed by atoms with Crippen molar-refractivity contribution in [2.75, 3.05) is 56.4 Å². The number of fused-ring (bicyclic) bond motifs is 1. The van der Waals surface area contributed by atoms with Crippen molar-refractivity contribution in [1.82, 2.24) is 10.6 Å². The Morgan fingerprint density at radius 2 is 1.89 bits per heavy atom. The summed E-state index contributed by atoms with van der Waals surface area (Å²) >= 11 is 0. The van der Waals surface area contributed by atoms with Gasteiger partial charge in [-0.25, -0.2) is 0 Å². The van der Waals surface area contributed by atoms with Crippen LogP contribution in [0.3, 0.4) is 0 Å². The summed E-state index contributed by atoms with van der Waals surface area (Å²) in [6.07, 6.45) is 2.98. The molecule has 3 aliphatic rings. The van der Waals surface area contributed by atoms with E-state index in [-0.39, 0.29) is 41.6 Å². The molecule has 1 saturated carbocycles. The highest BCUT2D eigenvalue weighted by atomic mass is 16.5. The maximum absolute atomic E-state index is 14.2. The molecule has 1 aliphatic carbocycles. The van der Waals surface area contributed by atoms with Gasteiger partial charge in [-0.05, 0) is 70.2 Å². The molecule has 2 aromatic carbocycles. The van der Waals surface area contributed by atoms with E-state index in [0.717, 1.165) is 24.1 Å². The van der Waals surface area contributed by atoms with Crippen LogP contribution in [0.1, 0.15) is 58.1 Å². The molecule has 2 aliphatic heterocycles. The summed E-state index contributed by atoms with van der Waals surface area (Å²) in [4.78, 5) is 44.7. The Morgan fingerprint density at radius 1 is 1.14 bits per heavy atom. The fraction of sp³-hybridized carbons (Fsp3) is 0.559. The van der Waals surface area contributed by atoms with Gasteiger partial charge in [0.1, 0.15) is 5.75 Å². The smallest absolute Gasteiger partial charge is 0.270 e. The predicted molar refractivity (Wildman–Crippen MR) is 169 cm³/mol. The summed E-state index contributed by atoms with van der Waals surface area (Å²) in [6.45, 7) is 8.48. The van der Waals surface area contributed by atoms with E-state index in [9.17, 15) is 14.4 Å². The largest absolute Gasteiger partial charge is 0.476 e. The highest BCUT2D eigenvalue weighted by Gasteiger charge is 2.43. The second kappa shape index (κ2) is 14.1. The van der Waals surface area contributed by atoms with Crippen LogP contribution >= 0.6 is 0 Å². The molecular formula is C34H46N4O6. The molecule has 238 valence electrons. The SMILES string of the molecule is CCOC[C@H](NC(=O)[C@@H]1CNC[C@H](C(=O)N(c2ccc3c(c2)N(CCCOC)C(=O)C(C)(C)O3)C2CC2)C1)c1ccccc1. The Morgan fingerprint density at radius 3 is 2.59 bits per heavy atom. The normalized spacial score (nSPS) is 21.6. The molecule has 3 amide bonds. The van der Waals surface area contributed by atoms with E-state index in [4.69, 9.17) is 14.2 Å². The maximum atomic E-state index is 14.2. The lowest BCUT2D eigenvalue weighted by Crippen LogP contribution is -2.53. The molecule has 10 heteroatoms. The maximum Gasteiger partial charge on any atom is 0.270 e. The first-order valence-electron chi connectivity index (χ1n) is 15.8. The Hall–Kier alpha value is -3.47. The van der Waals surface area contributed by atoms with Crippen molar-refractivity contribution in [3.8, 4) is 5.75 Å². The van der Waals surface area contributed by atoms with Crippen molar-refractivity contribution < 1.29 is 28.6 Å². The van der Waals surface area contributed by atoms with Gasteiger partial charge in [-0.1, -0.05) is 30.3 Å². The monoisotopic (exact) mass is 606 g/mol. The third kappa shape index (κ3) is 7.25. The molecule has 0 spiro atoms. The van der Waals surface area contributed by atoms with Crippen LogP contribution in [-0.2, 0) is 23.9 Å². The zero-order chi connectivity index (χ0) is 31.3. The van der Waals surface area contributed by atoms with E-state index in [2.05, 4.69) is 10.6 Å². The van der Waals surface area contributed by atoms with Gasteiger partial charge < -0.3 is 34.6 Å². The Bertz CT molecular complexity index is 1310. The second-order valence-electron chi connectivity index (χ2n) is 12.4. The van der Waals surface area contributed by atoms with E-state index < -0.39 is 5.60 Å². The second-order valence-corrected chi connectivity index (χ2v) is 12.4. The molecule has 2 heterocycles. The number of carbonyl (C=O) groups is 3. The molecule has 0 unspecified atom stereocenters. The molecule has 2 fully saturated rings. The number of carbonyl (C=O) groups excluding carboxylic acids is 3. The van der Waals surface area contributed by atoms with E-state index in [1.54, 1.807) is 25.9 Å². The molecule has 3 atom stereocenters. The number of hydrogen-bond donors (Lipinski definition) is 2. The average Bonchev–Trinajstić information content (AvgIpc) is 3.87. The lowest BCUT2D eigenvalue weighted by atomic mass is 9.88. The first-order valence-corrected chi connectivity index (χ1v) is 15.8. The Balaban J connectivity index is 1.32. The van der Waals surface area contributed by atoms with Crippen LogP contribution in [0.5, 0.6) is 5.75 Å². The van der Waals surface area contributed by atoms with Crippen molar-refractivity contribution in [2.45, 2.75) is 64.1 Å². The van der Waals surface area contributed by atoms with E-state index in [1.807, 2.05) is 60.4 Å². The summed E-state index contributed by atoms with van der Waals surface area (Å²) in [7, 11) is 1.65. The molecule has 2 aromatic rings. The van der Waals surface area contributed by atoms with Crippen LogP contribution in [0.15, 0.2) is 48.5 Å². The van der Waals surface area contributed by atoms with Crippen molar-refractivity contribution in [2.24, 2.45) is 11.8 Å². The number of amides is 3. The minimum absolute atomic E-state index is 0.000642. The van der Waals surface area contributed by atoms with Crippen LogP contribution in [0.25, 0.3) is 0 Å². The summed E-state index contributed by atoms with van der Waals surface area (Å²) in [6, 6.07) is 15.3. The van der Waals surface area contributed by atoms with Crippen LogP contribution in [0.4, 0.5) is 11.4 Å². The summed E-state index contributed by atoms with van der Waals surface area (Å²) < 4.78 is 17.0. The third-order valence-electron chi connectivity index (χ3n) is 8.59. The lowest BCUT2D eigenvalue weighted by Gasteiger charge is -2.40. The Kier molecular flexibility index (Phi) is 10.2. The molecule has 0 aromatic heterocycles. The van der Waals surface area contributed by atoms with Crippen molar-refractivity contribution in [3.63, 3.8) is 0 Å². The number of piperidine rings is 1. The molecule has 1 saturated heterocycles. The van der Waals surface area contributed by atoms with Crippen molar-refractivity contribution in [3.05, 3.63) is 54.1 Å². The first kappa shape index (κ1) is 31.9. The fourth-order valence-corrected chi connectivity index (χ4v) is 6.10. The van der Waals surface area contributed by atoms with Gasteiger partial charge in [0, 0.05) is 51.7 Å². The van der Waals surface area contributed by atoms with Gasteiger partial charge in [-0.2, -0.15) is 0 Å². The van der Waals surface area contributed by atoms with Crippen molar-refractivity contribution in [1.29, 1.82) is 0 Å². The summed E-state index contributed by atoms with van der Waals surface area (Å²) in [5, 5.41) is 6.52. The highest BCUT2D eigenvalue weighted by molar-refractivity contribution is 6.04. The summed E-state index contributed by atoms with van der Waals surface area (Å²) in [5.41, 5.74) is 1.41. The number of nitrogens with one attached hydrogen (secondary N) is 2. The average molecular weight is 607 g/mol. The van der Waals surface area contributed by atoms with E-state index in [0.29, 0.717) is 63.7 Å². The zero-order valence-corrected chi connectivity index (χ0v) is 26.3. The van der Waals surface area contributed by atoms with E-state index >= 15 is 0 Å². The van der Waals surface area contributed by atoms with Crippen LogP contribution in [-0.4, -0.2) is 75.9 Å². The van der Waals surface area contributed by atoms with Crippen LogP contribution in [0.2, 0.25) is 0 Å². The third-order valence-corrected chi connectivity index (χ3v) is 8.59. The number of anilines is 2. The van der Waals surface area contributed by atoms with Gasteiger partial charge in [-0.3, -0.25) is 14.4 Å². The number of methoxy groups -OCH3 is 1. The Labute approximate surface area is 260 Å². The molecule has 2 N–H and O–H groups in total. The molecule has 10 nitrogen and oxygen atoms in total. The fourth-order valence-electron chi connectivity index (χ4n) is 6.10. The van der Waals surface area contributed by atoms with Crippen LogP contribution in [0, 0.1) is 11.8 Å². The minimum Gasteiger partial charge on any atom is -0.476 e. The standard InChI is InChI=1S/C34H46N4O6/c1-5-43-22-28(23-10-7-6-8-11-23)36-31(39)24-18-25(21-35-20-24)32(40)38(26-12-13-26)27-14-15-30-29(19-27)37(16-9-17-42-4)33(41)34(2,3)44-30/h6-8,10-11,14-15,19,24-26,28,35H,5,9,12-13,16-18,20-22H2,1-4H3,(H,36,39)/t24-,25+,28-/m0/s1.